The molecule has 2 atom stereocenters. The van der Waals surface area contributed by atoms with Crippen molar-refractivity contribution in [2.45, 2.75) is 52.1 Å². The molecular weight excluding hydrogens is 236 g/mol. The van der Waals surface area contributed by atoms with Gasteiger partial charge >= 0.3 is 0 Å². The van der Waals surface area contributed by atoms with Crippen LogP contribution in [0.1, 0.15) is 52.0 Å². The molecule has 0 aliphatic heterocycles. The molecule has 1 aliphatic rings. The largest absolute Gasteiger partial charge is 0.497 e. The number of hydrogen-bond donors (Lipinski definition) is 1. The van der Waals surface area contributed by atoms with Crippen molar-refractivity contribution < 1.29 is 9.84 Å². The monoisotopic (exact) mass is 262 g/mol. The van der Waals surface area contributed by atoms with Crippen LogP contribution >= 0.6 is 0 Å². The lowest BCUT2D eigenvalue weighted by atomic mass is 9.61. The van der Waals surface area contributed by atoms with Gasteiger partial charge in [0.05, 0.1) is 12.7 Å². The molecule has 1 saturated carbocycles. The first kappa shape index (κ1) is 14.4. The van der Waals surface area contributed by atoms with Gasteiger partial charge in [0.15, 0.2) is 0 Å². The second-order valence-corrected chi connectivity index (χ2v) is 6.82. The Hall–Kier alpha value is -1.02. The molecular formula is C17H26O2. The molecule has 2 heteroatoms. The summed E-state index contributed by atoms with van der Waals surface area (Å²) in [5.74, 6) is 1.12. The predicted octanol–water partition coefficient (Wildman–Crippen LogP) is 4.12. The van der Waals surface area contributed by atoms with E-state index in [1.165, 1.54) is 6.42 Å². The van der Waals surface area contributed by atoms with Crippen molar-refractivity contribution in [1.82, 2.24) is 0 Å². The Bertz CT molecular complexity index is 433. The summed E-state index contributed by atoms with van der Waals surface area (Å²) in [6.07, 6.45) is 4.26. The first-order valence-corrected chi connectivity index (χ1v) is 7.25. The molecule has 0 aromatic heterocycles. The summed E-state index contributed by atoms with van der Waals surface area (Å²) in [4.78, 5) is 0. The molecule has 1 N–H and O–H groups in total. The zero-order valence-electron chi connectivity index (χ0n) is 12.6. The van der Waals surface area contributed by atoms with E-state index in [4.69, 9.17) is 4.74 Å². The molecule has 106 valence electrons. The Balaban J connectivity index is 2.41. The van der Waals surface area contributed by atoms with Crippen LogP contribution in [0.2, 0.25) is 0 Å². The van der Waals surface area contributed by atoms with Gasteiger partial charge < -0.3 is 9.84 Å². The van der Waals surface area contributed by atoms with Crippen molar-refractivity contribution in [2.24, 2.45) is 11.3 Å². The number of methoxy groups -OCH3 is 1. The minimum Gasteiger partial charge on any atom is -0.497 e. The van der Waals surface area contributed by atoms with Crippen molar-refractivity contribution in [1.29, 1.82) is 0 Å². The van der Waals surface area contributed by atoms with Crippen LogP contribution in [0.3, 0.4) is 0 Å². The number of rotatable bonds is 2. The molecule has 0 radical (unpaired) electrons. The van der Waals surface area contributed by atoms with Gasteiger partial charge in [-0.3, -0.25) is 0 Å². The van der Waals surface area contributed by atoms with Gasteiger partial charge in [-0.2, -0.15) is 0 Å². The van der Waals surface area contributed by atoms with E-state index in [9.17, 15) is 5.11 Å². The van der Waals surface area contributed by atoms with E-state index < -0.39 is 5.60 Å². The molecule has 1 aromatic rings. The van der Waals surface area contributed by atoms with Crippen LogP contribution in [0.4, 0.5) is 0 Å². The summed E-state index contributed by atoms with van der Waals surface area (Å²) in [5, 5.41) is 11.3. The third-order valence-corrected chi connectivity index (χ3v) is 4.49. The van der Waals surface area contributed by atoms with Crippen LogP contribution in [0, 0.1) is 11.3 Å². The van der Waals surface area contributed by atoms with Crippen LogP contribution in [-0.2, 0) is 5.60 Å². The lowest BCUT2D eigenvalue weighted by Gasteiger charge is -2.47. The predicted molar refractivity (Wildman–Crippen MR) is 78.3 cm³/mol. The van der Waals surface area contributed by atoms with Crippen molar-refractivity contribution >= 4 is 0 Å². The second-order valence-electron chi connectivity index (χ2n) is 6.82. The van der Waals surface area contributed by atoms with Gasteiger partial charge in [-0.15, -0.1) is 0 Å². The van der Waals surface area contributed by atoms with E-state index >= 15 is 0 Å². The van der Waals surface area contributed by atoms with Gasteiger partial charge in [-0.1, -0.05) is 45.7 Å². The van der Waals surface area contributed by atoms with E-state index in [1.54, 1.807) is 7.11 Å². The molecule has 2 rings (SSSR count). The third kappa shape index (κ3) is 2.79. The topological polar surface area (TPSA) is 29.5 Å². The highest BCUT2D eigenvalue weighted by atomic mass is 16.5. The Morgan fingerprint density at radius 1 is 1.26 bits per heavy atom. The molecule has 0 heterocycles. The fraction of sp³-hybridized carbons (Fsp3) is 0.647. The Morgan fingerprint density at radius 3 is 2.63 bits per heavy atom. The first-order valence-electron chi connectivity index (χ1n) is 7.25. The summed E-state index contributed by atoms with van der Waals surface area (Å²) in [6.45, 7) is 6.69. The smallest absolute Gasteiger partial charge is 0.119 e. The van der Waals surface area contributed by atoms with Crippen LogP contribution in [0.5, 0.6) is 5.75 Å². The van der Waals surface area contributed by atoms with E-state index in [0.29, 0.717) is 5.92 Å². The number of ether oxygens (including phenoxy) is 1. The fourth-order valence-electron chi connectivity index (χ4n) is 3.54. The van der Waals surface area contributed by atoms with Gasteiger partial charge in [-0.25, -0.2) is 0 Å². The molecule has 1 aliphatic carbocycles. The fourth-order valence-corrected chi connectivity index (χ4v) is 3.54. The van der Waals surface area contributed by atoms with Crippen molar-refractivity contribution in [3.63, 3.8) is 0 Å². The highest BCUT2D eigenvalue weighted by molar-refractivity contribution is 5.33. The Labute approximate surface area is 116 Å². The highest BCUT2D eigenvalue weighted by Crippen LogP contribution is 2.50. The van der Waals surface area contributed by atoms with Crippen molar-refractivity contribution in [2.75, 3.05) is 7.11 Å². The van der Waals surface area contributed by atoms with Crippen LogP contribution in [0.15, 0.2) is 24.3 Å². The molecule has 0 bridgehead atoms. The van der Waals surface area contributed by atoms with Gasteiger partial charge in [0, 0.05) is 0 Å². The lowest BCUT2D eigenvalue weighted by molar-refractivity contribution is -0.0960. The van der Waals surface area contributed by atoms with E-state index in [2.05, 4.69) is 20.8 Å². The Morgan fingerprint density at radius 2 is 2.00 bits per heavy atom. The van der Waals surface area contributed by atoms with Crippen LogP contribution < -0.4 is 4.74 Å². The molecule has 2 nitrogen and oxygen atoms in total. The first-order chi connectivity index (χ1) is 8.88. The van der Waals surface area contributed by atoms with Gasteiger partial charge in [0.2, 0.25) is 0 Å². The second kappa shape index (κ2) is 5.16. The van der Waals surface area contributed by atoms with E-state index in [0.717, 1.165) is 30.6 Å². The number of hydrogen-bond acceptors (Lipinski definition) is 2. The van der Waals surface area contributed by atoms with E-state index in [-0.39, 0.29) is 5.41 Å². The van der Waals surface area contributed by atoms with Gasteiger partial charge in [-0.05, 0) is 41.9 Å². The number of benzene rings is 1. The van der Waals surface area contributed by atoms with Gasteiger partial charge in [0.25, 0.3) is 0 Å². The molecule has 0 spiro atoms. The van der Waals surface area contributed by atoms with Crippen LogP contribution in [-0.4, -0.2) is 12.2 Å². The molecule has 2 unspecified atom stereocenters. The molecule has 1 aromatic carbocycles. The SMILES string of the molecule is COc1cccc(C2(O)CCCCC2C(C)(C)C)c1. The summed E-state index contributed by atoms with van der Waals surface area (Å²) in [6, 6.07) is 7.93. The minimum absolute atomic E-state index is 0.109. The molecule has 0 saturated heterocycles. The standard InChI is InChI=1S/C17H26O2/c1-16(2,3)15-10-5-6-11-17(15,18)13-8-7-9-14(12-13)19-4/h7-9,12,15,18H,5-6,10-11H2,1-4H3. The summed E-state index contributed by atoms with van der Waals surface area (Å²) < 4.78 is 5.30. The third-order valence-electron chi connectivity index (χ3n) is 4.49. The maximum atomic E-state index is 11.3. The Kier molecular flexibility index (Phi) is 3.91. The maximum Gasteiger partial charge on any atom is 0.119 e. The summed E-state index contributed by atoms with van der Waals surface area (Å²) >= 11 is 0. The molecule has 19 heavy (non-hydrogen) atoms. The molecule has 0 amide bonds. The number of aliphatic hydroxyl groups is 1. The zero-order chi connectivity index (χ0) is 14.1. The maximum absolute atomic E-state index is 11.3. The normalized spacial score (nSPS) is 28.2. The zero-order valence-corrected chi connectivity index (χ0v) is 12.6. The average Bonchev–Trinajstić information content (AvgIpc) is 2.38. The van der Waals surface area contributed by atoms with Crippen molar-refractivity contribution in [3.05, 3.63) is 29.8 Å². The van der Waals surface area contributed by atoms with Crippen molar-refractivity contribution in [3.8, 4) is 5.75 Å². The summed E-state index contributed by atoms with van der Waals surface area (Å²) in [7, 11) is 1.67. The highest BCUT2D eigenvalue weighted by Gasteiger charge is 2.45. The average molecular weight is 262 g/mol. The van der Waals surface area contributed by atoms with E-state index in [1.807, 2.05) is 24.3 Å². The van der Waals surface area contributed by atoms with Crippen LogP contribution in [0.25, 0.3) is 0 Å². The molecule has 1 fully saturated rings. The lowest BCUT2D eigenvalue weighted by Crippen LogP contribution is -2.44. The summed E-state index contributed by atoms with van der Waals surface area (Å²) in [5.41, 5.74) is 0.398. The quantitative estimate of drug-likeness (QED) is 0.868. The minimum atomic E-state index is -0.717. The van der Waals surface area contributed by atoms with Gasteiger partial charge in [0.1, 0.15) is 5.75 Å².